The molecule has 0 fully saturated rings. The summed E-state index contributed by atoms with van der Waals surface area (Å²) in [5.41, 5.74) is -0.883. The van der Waals surface area contributed by atoms with Crippen molar-refractivity contribution in [3.63, 3.8) is 0 Å². The molecule has 0 unspecified atom stereocenters. The number of nitrogens with zero attached hydrogens (tertiary/aromatic N) is 1. The summed E-state index contributed by atoms with van der Waals surface area (Å²) in [6.45, 7) is 7.99. The molecule has 172 valence electrons. The van der Waals surface area contributed by atoms with Crippen LogP contribution in [-0.4, -0.2) is 17.5 Å². The van der Waals surface area contributed by atoms with Crippen molar-refractivity contribution >= 4 is 29.7 Å². The molecule has 6 heteroatoms. The zero-order valence-electron chi connectivity index (χ0n) is 19.1. The van der Waals surface area contributed by atoms with Crippen LogP contribution in [0.15, 0.2) is 83.9 Å². The Labute approximate surface area is 194 Å². The van der Waals surface area contributed by atoms with E-state index in [0.29, 0.717) is 11.5 Å². The van der Waals surface area contributed by atoms with Gasteiger partial charge in [0.05, 0.1) is 11.6 Å². The van der Waals surface area contributed by atoms with E-state index in [4.69, 9.17) is 9.73 Å². The van der Waals surface area contributed by atoms with Gasteiger partial charge in [-0.3, -0.25) is 0 Å². The summed E-state index contributed by atoms with van der Waals surface area (Å²) in [7, 11) is -1.12. The van der Waals surface area contributed by atoms with Gasteiger partial charge in [0.25, 0.3) is 0 Å². The fourth-order valence-corrected chi connectivity index (χ4v) is 6.77. The third kappa shape index (κ3) is 4.84. The number of hydrogen-bond donors (Lipinski definition) is 0. The third-order valence-electron chi connectivity index (χ3n) is 5.78. The maximum atomic E-state index is 13.7. The molecule has 0 bridgehead atoms. The Morgan fingerprint density at radius 3 is 1.88 bits per heavy atom. The molecule has 0 aliphatic carbocycles. The van der Waals surface area contributed by atoms with Gasteiger partial charge in [0, 0.05) is 5.56 Å². The topological polar surface area (TPSA) is 21.6 Å². The van der Waals surface area contributed by atoms with Crippen LogP contribution in [0.25, 0.3) is 0 Å². The smallest absolute Gasteiger partial charge is 0.416 e. The molecular formula is C27H27F3NOP. The molecule has 1 heterocycles. The van der Waals surface area contributed by atoms with Gasteiger partial charge in [-0.1, -0.05) is 80.6 Å². The van der Waals surface area contributed by atoms with Crippen LogP contribution in [0, 0.1) is 5.92 Å². The van der Waals surface area contributed by atoms with Crippen LogP contribution in [0.5, 0.6) is 0 Å². The molecular weight excluding hydrogens is 442 g/mol. The average Bonchev–Trinajstić information content (AvgIpc) is 3.10. The summed E-state index contributed by atoms with van der Waals surface area (Å²) in [5.74, 6) is 0.482. The van der Waals surface area contributed by atoms with Crippen molar-refractivity contribution < 1.29 is 17.9 Å². The minimum absolute atomic E-state index is 0.144. The highest BCUT2D eigenvalue weighted by atomic mass is 31.1. The Balaban J connectivity index is 1.95. The Bertz CT molecular complexity index is 1100. The fraction of sp³-hybridized carbons (Fsp3) is 0.296. The first-order valence-corrected chi connectivity index (χ1v) is 12.3. The largest absolute Gasteiger partial charge is 0.469 e. The molecule has 33 heavy (non-hydrogen) atoms. The highest BCUT2D eigenvalue weighted by molar-refractivity contribution is 7.80. The van der Waals surface area contributed by atoms with Crippen molar-refractivity contribution in [1.29, 1.82) is 0 Å². The molecule has 0 amide bonds. The van der Waals surface area contributed by atoms with E-state index in [2.05, 4.69) is 13.8 Å². The molecule has 1 aliphatic rings. The minimum atomic E-state index is -4.46. The van der Waals surface area contributed by atoms with Gasteiger partial charge in [0.15, 0.2) is 0 Å². The van der Waals surface area contributed by atoms with E-state index < -0.39 is 25.3 Å². The molecule has 1 atom stereocenters. The SMILES string of the molecule is CC(C)[C@@H]1N=C(c2cc(C(F)(F)F)ccc2P(c2ccccc2)c2ccccc2)OC1(C)C. The molecule has 4 rings (SSSR count). The van der Waals surface area contributed by atoms with Crippen LogP contribution in [0.1, 0.15) is 38.8 Å². The second kappa shape index (κ2) is 8.95. The number of aliphatic imine (C=N–C) groups is 1. The summed E-state index contributed by atoms with van der Waals surface area (Å²) in [6.07, 6.45) is -4.46. The first kappa shape index (κ1) is 23.5. The van der Waals surface area contributed by atoms with Gasteiger partial charge in [0.2, 0.25) is 5.90 Å². The lowest BCUT2D eigenvalue weighted by Crippen LogP contribution is -2.37. The van der Waals surface area contributed by atoms with Crippen molar-refractivity contribution in [2.75, 3.05) is 0 Å². The van der Waals surface area contributed by atoms with Crippen LogP contribution >= 0.6 is 7.92 Å². The molecule has 3 aromatic carbocycles. The highest BCUT2D eigenvalue weighted by Gasteiger charge is 2.42. The molecule has 0 saturated heterocycles. The van der Waals surface area contributed by atoms with E-state index >= 15 is 0 Å². The van der Waals surface area contributed by atoms with Crippen molar-refractivity contribution in [3.8, 4) is 0 Å². The van der Waals surface area contributed by atoms with Gasteiger partial charge in [0.1, 0.15) is 5.60 Å². The number of ether oxygens (including phenoxy) is 1. The molecule has 0 radical (unpaired) electrons. The van der Waals surface area contributed by atoms with Gasteiger partial charge in [-0.25, -0.2) is 4.99 Å². The Kier molecular flexibility index (Phi) is 6.37. The van der Waals surface area contributed by atoms with Crippen LogP contribution < -0.4 is 15.9 Å². The van der Waals surface area contributed by atoms with Crippen LogP contribution in [0.2, 0.25) is 0 Å². The molecule has 0 N–H and O–H groups in total. The highest BCUT2D eigenvalue weighted by Crippen LogP contribution is 2.39. The number of halogens is 3. The first-order chi connectivity index (χ1) is 15.6. The van der Waals surface area contributed by atoms with Crippen LogP contribution in [0.3, 0.4) is 0 Å². The maximum absolute atomic E-state index is 13.7. The van der Waals surface area contributed by atoms with E-state index in [0.717, 1.165) is 15.9 Å². The lowest BCUT2D eigenvalue weighted by atomic mass is 9.90. The van der Waals surface area contributed by atoms with Crippen molar-refractivity contribution in [2.45, 2.75) is 45.5 Å². The maximum Gasteiger partial charge on any atom is 0.416 e. The lowest BCUT2D eigenvalue weighted by Gasteiger charge is -2.28. The van der Waals surface area contributed by atoms with Gasteiger partial charge in [-0.05, 0) is 55.7 Å². The normalized spacial score (nSPS) is 17.8. The zero-order valence-corrected chi connectivity index (χ0v) is 20.0. The van der Waals surface area contributed by atoms with Gasteiger partial charge < -0.3 is 4.74 Å². The summed E-state index contributed by atoms with van der Waals surface area (Å²) in [4.78, 5) is 4.80. The van der Waals surface area contributed by atoms with Crippen molar-refractivity contribution in [1.82, 2.24) is 0 Å². The van der Waals surface area contributed by atoms with Gasteiger partial charge >= 0.3 is 6.18 Å². The number of benzene rings is 3. The Morgan fingerprint density at radius 2 is 1.42 bits per heavy atom. The fourth-order valence-electron chi connectivity index (χ4n) is 4.35. The quantitative estimate of drug-likeness (QED) is 0.418. The molecule has 0 spiro atoms. The van der Waals surface area contributed by atoms with Gasteiger partial charge in [-0.15, -0.1) is 0 Å². The molecule has 0 aromatic heterocycles. The molecule has 0 saturated carbocycles. The number of rotatable bonds is 5. The van der Waals surface area contributed by atoms with E-state index in [1.54, 1.807) is 6.07 Å². The van der Waals surface area contributed by atoms with E-state index in [1.165, 1.54) is 12.1 Å². The van der Waals surface area contributed by atoms with Crippen LogP contribution in [-0.2, 0) is 10.9 Å². The number of hydrogen-bond acceptors (Lipinski definition) is 2. The standard InChI is InChI=1S/C27H27F3NOP/c1-18(2)24-26(3,4)32-25(31-24)22-17-19(27(28,29)30)15-16-23(22)33(20-11-7-5-8-12-20)21-13-9-6-10-14-21/h5-18,24H,1-4H3/t24-/m0/s1. The average molecular weight is 469 g/mol. The summed E-state index contributed by atoms with van der Waals surface area (Å²) in [5, 5.41) is 2.91. The zero-order chi connectivity index (χ0) is 23.8. The predicted octanol–water partition coefficient (Wildman–Crippen LogP) is 6.04. The predicted molar refractivity (Wildman–Crippen MR) is 130 cm³/mol. The molecule has 3 aromatic rings. The number of alkyl halides is 3. The monoisotopic (exact) mass is 469 g/mol. The van der Waals surface area contributed by atoms with Crippen molar-refractivity contribution in [3.05, 3.63) is 90.0 Å². The molecule has 2 nitrogen and oxygen atoms in total. The Hall–Kier alpha value is -2.65. The van der Waals surface area contributed by atoms with Gasteiger partial charge in [-0.2, -0.15) is 13.2 Å². The summed E-state index contributed by atoms with van der Waals surface area (Å²) in [6, 6.07) is 23.6. The minimum Gasteiger partial charge on any atom is -0.469 e. The van der Waals surface area contributed by atoms with E-state index in [1.807, 2.05) is 74.5 Å². The summed E-state index contributed by atoms with van der Waals surface area (Å²) >= 11 is 0. The third-order valence-corrected chi connectivity index (χ3v) is 8.28. The first-order valence-electron chi connectivity index (χ1n) is 11.0. The molecule has 1 aliphatic heterocycles. The summed E-state index contributed by atoms with van der Waals surface area (Å²) < 4.78 is 47.4. The second-order valence-electron chi connectivity index (χ2n) is 9.06. The van der Waals surface area contributed by atoms with E-state index in [9.17, 15) is 13.2 Å². The second-order valence-corrected chi connectivity index (χ2v) is 11.3. The van der Waals surface area contributed by atoms with Crippen LogP contribution in [0.4, 0.5) is 13.2 Å². The lowest BCUT2D eigenvalue weighted by molar-refractivity contribution is -0.137. The van der Waals surface area contributed by atoms with E-state index in [-0.39, 0.29) is 12.0 Å². The van der Waals surface area contributed by atoms with Crippen molar-refractivity contribution in [2.24, 2.45) is 10.9 Å². The Morgan fingerprint density at radius 1 is 0.879 bits per heavy atom.